The highest BCUT2D eigenvalue weighted by Crippen LogP contribution is 2.31. The van der Waals surface area contributed by atoms with E-state index in [1.54, 1.807) is 11.0 Å². The van der Waals surface area contributed by atoms with Crippen molar-refractivity contribution in [3.05, 3.63) is 27.7 Å². The molecule has 1 aromatic carbocycles. The first-order valence-corrected chi connectivity index (χ1v) is 8.34. The highest BCUT2D eigenvalue weighted by atomic mass is 35.5. The lowest BCUT2D eigenvalue weighted by molar-refractivity contribution is -0.905. The molecule has 20 heavy (non-hydrogen) atoms. The fraction of sp³-hybridized carbons (Fsp3) is 0.625. The first-order chi connectivity index (χ1) is 9.66. The molecule has 0 atom stereocenters. The molecule has 0 radical (unpaired) electrons. The van der Waals surface area contributed by atoms with Gasteiger partial charge in [-0.15, -0.1) is 0 Å². The van der Waals surface area contributed by atoms with Crippen molar-refractivity contribution in [2.45, 2.75) is 39.0 Å². The first kappa shape index (κ1) is 15.9. The highest BCUT2D eigenvalue weighted by Gasteiger charge is 2.12. The average Bonchev–Trinajstić information content (AvgIpc) is 2.42. The van der Waals surface area contributed by atoms with E-state index in [0.717, 1.165) is 24.3 Å². The van der Waals surface area contributed by atoms with Gasteiger partial charge in [0.05, 0.1) is 31.3 Å². The zero-order valence-electron chi connectivity index (χ0n) is 12.2. The van der Waals surface area contributed by atoms with Gasteiger partial charge in [-0.05, 0) is 56.7 Å². The summed E-state index contributed by atoms with van der Waals surface area (Å²) in [6.07, 6.45) is 6.51. The van der Waals surface area contributed by atoms with Crippen molar-refractivity contribution in [1.82, 2.24) is 0 Å². The Balaban J connectivity index is 1.68. The van der Waals surface area contributed by atoms with Gasteiger partial charge in [0.25, 0.3) is 0 Å². The van der Waals surface area contributed by atoms with Crippen molar-refractivity contribution >= 4 is 23.2 Å². The van der Waals surface area contributed by atoms with E-state index in [4.69, 9.17) is 27.9 Å². The number of aryl methyl sites for hydroxylation is 1. The molecule has 0 saturated carbocycles. The van der Waals surface area contributed by atoms with E-state index in [1.165, 1.54) is 45.3 Å². The van der Waals surface area contributed by atoms with E-state index >= 15 is 0 Å². The summed E-state index contributed by atoms with van der Waals surface area (Å²) in [4.78, 5) is 1.76. The van der Waals surface area contributed by atoms with Gasteiger partial charge in [-0.2, -0.15) is 0 Å². The van der Waals surface area contributed by atoms with Gasteiger partial charge in [-0.3, -0.25) is 0 Å². The van der Waals surface area contributed by atoms with Crippen LogP contribution in [0.25, 0.3) is 0 Å². The number of piperidine rings is 1. The van der Waals surface area contributed by atoms with Crippen LogP contribution in [0.2, 0.25) is 10.0 Å². The molecule has 1 fully saturated rings. The predicted octanol–water partition coefficient (Wildman–Crippen LogP) is 3.53. The molecular formula is C16H24Cl2NO+. The van der Waals surface area contributed by atoms with Crippen LogP contribution in [-0.2, 0) is 0 Å². The Hall–Kier alpha value is -0.440. The second kappa shape index (κ2) is 8.11. The normalized spacial score (nSPS) is 16.4. The summed E-state index contributed by atoms with van der Waals surface area (Å²) in [7, 11) is 0. The maximum atomic E-state index is 6.16. The summed E-state index contributed by atoms with van der Waals surface area (Å²) < 4.78 is 5.81. The molecule has 1 heterocycles. The number of halogens is 2. The van der Waals surface area contributed by atoms with E-state index in [0.29, 0.717) is 10.0 Å². The maximum absolute atomic E-state index is 6.16. The third-order valence-corrected chi connectivity index (χ3v) is 4.42. The second-order valence-corrected chi connectivity index (χ2v) is 6.49. The Kier molecular flexibility index (Phi) is 6.47. The van der Waals surface area contributed by atoms with Crippen LogP contribution < -0.4 is 9.64 Å². The van der Waals surface area contributed by atoms with Crippen LogP contribution in [0.5, 0.6) is 5.75 Å². The van der Waals surface area contributed by atoms with Crippen LogP contribution in [0.1, 0.15) is 37.7 Å². The van der Waals surface area contributed by atoms with E-state index < -0.39 is 0 Å². The van der Waals surface area contributed by atoms with Gasteiger partial charge in [-0.1, -0.05) is 23.2 Å². The largest absolute Gasteiger partial charge is 0.492 e. The molecule has 1 saturated heterocycles. The number of hydrogen-bond donors (Lipinski definition) is 1. The molecule has 0 amide bonds. The Morgan fingerprint density at radius 1 is 1.10 bits per heavy atom. The van der Waals surface area contributed by atoms with Crippen molar-refractivity contribution in [2.75, 3.05) is 26.2 Å². The first-order valence-electron chi connectivity index (χ1n) is 7.59. The van der Waals surface area contributed by atoms with Gasteiger partial charge >= 0.3 is 0 Å². The van der Waals surface area contributed by atoms with Crippen LogP contribution in [0.4, 0.5) is 0 Å². The summed E-state index contributed by atoms with van der Waals surface area (Å²) in [5.74, 6) is 0.779. The second-order valence-electron chi connectivity index (χ2n) is 5.65. The van der Waals surface area contributed by atoms with Gasteiger partial charge in [-0.25, -0.2) is 0 Å². The molecule has 0 aromatic heterocycles. The Morgan fingerprint density at radius 3 is 2.55 bits per heavy atom. The van der Waals surface area contributed by atoms with E-state index in [9.17, 15) is 0 Å². The van der Waals surface area contributed by atoms with Gasteiger partial charge < -0.3 is 9.64 Å². The van der Waals surface area contributed by atoms with Gasteiger partial charge in [0, 0.05) is 5.02 Å². The molecule has 4 heteroatoms. The molecule has 2 nitrogen and oxygen atoms in total. The van der Waals surface area contributed by atoms with Crippen molar-refractivity contribution in [1.29, 1.82) is 0 Å². The van der Waals surface area contributed by atoms with Gasteiger partial charge in [0.2, 0.25) is 0 Å². The predicted molar refractivity (Wildman–Crippen MR) is 85.3 cm³/mol. The topological polar surface area (TPSA) is 13.7 Å². The number of ether oxygens (including phenoxy) is 1. The molecule has 0 aliphatic carbocycles. The number of nitrogens with one attached hydrogen (secondary N) is 1. The van der Waals surface area contributed by atoms with E-state index in [-0.39, 0.29) is 0 Å². The molecule has 1 aromatic rings. The van der Waals surface area contributed by atoms with Crippen LogP contribution >= 0.6 is 23.2 Å². The molecule has 0 spiro atoms. The van der Waals surface area contributed by atoms with Crippen LogP contribution in [0.15, 0.2) is 12.1 Å². The minimum atomic E-state index is 0.608. The monoisotopic (exact) mass is 316 g/mol. The molecule has 0 unspecified atom stereocenters. The zero-order chi connectivity index (χ0) is 14.4. The van der Waals surface area contributed by atoms with Gasteiger partial charge in [0.1, 0.15) is 5.75 Å². The fourth-order valence-corrected chi connectivity index (χ4v) is 3.47. The number of quaternary nitrogens is 1. The lowest BCUT2D eigenvalue weighted by Crippen LogP contribution is -3.12. The van der Waals surface area contributed by atoms with Crippen molar-refractivity contribution in [3.8, 4) is 5.75 Å². The van der Waals surface area contributed by atoms with Crippen LogP contribution in [0, 0.1) is 6.92 Å². The van der Waals surface area contributed by atoms with Crippen LogP contribution in [-0.4, -0.2) is 26.2 Å². The van der Waals surface area contributed by atoms with Gasteiger partial charge in [0.15, 0.2) is 0 Å². The number of rotatable bonds is 6. The molecule has 1 aliphatic heterocycles. The summed E-state index contributed by atoms with van der Waals surface area (Å²) in [6.45, 7) is 6.68. The summed E-state index contributed by atoms with van der Waals surface area (Å²) >= 11 is 12.1. The summed E-state index contributed by atoms with van der Waals surface area (Å²) in [5, 5.41) is 1.27. The minimum absolute atomic E-state index is 0.608. The SMILES string of the molecule is Cc1cc(Cl)cc(Cl)c1OCCCC[NH+]1CCCCC1. The molecule has 2 rings (SSSR count). The summed E-state index contributed by atoms with van der Waals surface area (Å²) in [5.41, 5.74) is 1.00. The molecule has 112 valence electrons. The van der Waals surface area contributed by atoms with E-state index in [1.807, 2.05) is 13.0 Å². The zero-order valence-corrected chi connectivity index (χ0v) is 13.7. The molecule has 0 bridgehead atoms. The fourth-order valence-electron chi connectivity index (χ4n) is 2.82. The maximum Gasteiger partial charge on any atom is 0.140 e. The Morgan fingerprint density at radius 2 is 1.85 bits per heavy atom. The Labute approximate surface area is 132 Å². The van der Waals surface area contributed by atoms with Crippen molar-refractivity contribution in [2.24, 2.45) is 0 Å². The lowest BCUT2D eigenvalue weighted by atomic mass is 10.1. The minimum Gasteiger partial charge on any atom is -0.492 e. The average molecular weight is 317 g/mol. The quantitative estimate of drug-likeness (QED) is 0.793. The standard InChI is InChI=1S/C16H23Cl2NO/c1-13-11-14(17)12-15(18)16(13)20-10-6-5-9-19-7-3-2-4-8-19/h11-12H,2-10H2,1H3/p+1. The third kappa shape index (κ3) is 4.83. The van der Waals surface area contributed by atoms with Crippen molar-refractivity contribution < 1.29 is 9.64 Å². The van der Waals surface area contributed by atoms with Crippen LogP contribution in [0.3, 0.4) is 0 Å². The molecule has 1 N–H and O–H groups in total. The highest BCUT2D eigenvalue weighted by molar-refractivity contribution is 6.35. The number of benzene rings is 1. The summed E-state index contributed by atoms with van der Waals surface area (Å²) in [6, 6.07) is 3.63. The number of hydrogen-bond acceptors (Lipinski definition) is 1. The number of likely N-dealkylation sites (tertiary alicyclic amines) is 1. The van der Waals surface area contributed by atoms with Crippen molar-refractivity contribution in [3.63, 3.8) is 0 Å². The Bertz CT molecular complexity index is 407. The number of unbranched alkanes of at least 4 members (excludes halogenated alkanes) is 1. The molecule has 1 aliphatic rings. The lowest BCUT2D eigenvalue weighted by Gasteiger charge is -2.23. The molecular weight excluding hydrogens is 293 g/mol. The smallest absolute Gasteiger partial charge is 0.140 e. The third-order valence-electron chi connectivity index (χ3n) is 3.93. The van der Waals surface area contributed by atoms with E-state index in [2.05, 4.69) is 0 Å².